The molecule has 0 aromatic rings. The predicted octanol–water partition coefficient (Wildman–Crippen LogP) is 4.30. The fourth-order valence-corrected chi connectivity index (χ4v) is 3.02. The van der Waals surface area contributed by atoms with Crippen LogP contribution in [0, 0.1) is 5.92 Å². The summed E-state index contributed by atoms with van der Waals surface area (Å²) >= 11 is 6.62. The first-order valence-electron chi connectivity index (χ1n) is 6.37. The quantitative estimate of drug-likeness (QED) is 0.550. The van der Waals surface area contributed by atoms with Crippen LogP contribution in [0.3, 0.4) is 0 Å². The first-order valence-corrected chi connectivity index (χ1v) is 6.75. The van der Waals surface area contributed by atoms with E-state index >= 15 is 0 Å². The molecule has 0 spiro atoms. The fourth-order valence-electron chi connectivity index (χ4n) is 2.58. The highest BCUT2D eigenvalue weighted by atomic mass is 35.5. The molecule has 1 N–H and O–H groups in total. The zero-order valence-electron chi connectivity index (χ0n) is 10.7. The summed E-state index contributed by atoms with van der Waals surface area (Å²) in [4.78, 5) is -0.117. The molecule has 2 atom stereocenters. The lowest BCUT2D eigenvalue weighted by molar-refractivity contribution is 0.329. The van der Waals surface area contributed by atoms with Gasteiger partial charge in [-0.15, -0.1) is 11.6 Å². The van der Waals surface area contributed by atoms with Gasteiger partial charge in [-0.25, -0.2) is 0 Å². The summed E-state index contributed by atoms with van der Waals surface area (Å²) in [5.74, 6) is 0.750. The molecule has 90 valence electrons. The molecular formula is C13H26ClN. The SMILES string of the molecule is CCCC1(C)CCC(Cl)(CCC(C)C)N1. The summed E-state index contributed by atoms with van der Waals surface area (Å²) < 4.78 is 0. The summed E-state index contributed by atoms with van der Waals surface area (Å²) in [5, 5.41) is 3.67. The molecule has 0 amide bonds. The topological polar surface area (TPSA) is 12.0 Å². The van der Waals surface area contributed by atoms with Crippen LogP contribution in [0.5, 0.6) is 0 Å². The summed E-state index contributed by atoms with van der Waals surface area (Å²) in [6.07, 6.45) is 7.15. The predicted molar refractivity (Wildman–Crippen MR) is 68.3 cm³/mol. The van der Waals surface area contributed by atoms with Crippen LogP contribution in [0.4, 0.5) is 0 Å². The van der Waals surface area contributed by atoms with Crippen LogP contribution in [0.25, 0.3) is 0 Å². The van der Waals surface area contributed by atoms with Crippen molar-refractivity contribution in [1.29, 1.82) is 0 Å². The van der Waals surface area contributed by atoms with Crippen molar-refractivity contribution in [3.63, 3.8) is 0 Å². The first kappa shape index (κ1) is 13.3. The molecule has 1 fully saturated rings. The summed E-state index contributed by atoms with van der Waals surface area (Å²) in [5.41, 5.74) is 0.285. The third kappa shape index (κ3) is 3.96. The lowest BCUT2D eigenvalue weighted by Crippen LogP contribution is -2.45. The van der Waals surface area contributed by atoms with Crippen LogP contribution in [0.2, 0.25) is 0 Å². The normalized spacial score (nSPS) is 36.4. The minimum atomic E-state index is -0.117. The monoisotopic (exact) mass is 231 g/mol. The zero-order valence-corrected chi connectivity index (χ0v) is 11.5. The Kier molecular flexibility index (Phi) is 4.49. The second kappa shape index (κ2) is 5.05. The Morgan fingerprint density at radius 1 is 1.27 bits per heavy atom. The second-order valence-electron chi connectivity index (χ2n) is 5.83. The van der Waals surface area contributed by atoms with Gasteiger partial charge >= 0.3 is 0 Å². The molecule has 1 rings (SSSR count). The Balaban J connectivity index is 2.45. The fraction of sp³-hybridized carbons (Fsp3) is 1.00. The van der Waals surface area contributed by atoms with Crippen LogP contribution >= 0.6 is 11.6 Å². The van der Waals surface area contributed by atoms with Crippen molar-refractivity contribution < 1.29 is 0 Å². The minimum absolute atomic E-state index is 0.117. The van der Waals surface area contributed by atoms with Gasteiger partial charge in [0, 0.05) is 5.54 Å². The van der Waals surface area contributed by atoms with E-state index in [9.17, 15) is 0 Å². The number of hydrogen-bond donors (Lipinski definition) is 1. The first-order chi connectivity index (χ1) is 6.89. The molecular weight excluding hydrogens is 206 g/mol. The summed E-state index contributed by atoms with van der Waals surface area (Å²) in [7, 11) is 0. The molecule has 0 aliphatic carbocycles. The van der Waals surface area contributed by atoms with E-state index in [1.807, 2.05) is 0 Å². The van der Waals surface area contributed by atoms with E-state index in [1.54, 1.807) is 0 Å². The number of hydrogen-bond acceptors (Lipinski definition) is 1. The number of rotatable bonds is 5. The summed E-state index contributed by atoms with van der Waals surface area (Å²) in [6.45, 7) is 9.09. The molecule has 2 heteroatoms. The van der Waals surface area contributed by atoms with E-state index in [0.717, 1.165) is 18.8 Å². The largest absolute Gasteiger partial charge is 0.293 e. The van der Waals surface area contributed by atoms with Crippen molar-refractivity contribution in [3.8, 4) is 0 Å². The highest BCUT2D eigenvalue weighted by Gasteiger charge is 2.42. The average Bonchev–Trinajstić information content (AvgIpc) is 2.41. The van der Waals surface area contributed by atoms with Crippen LogP contribution in [0.15, 0.2) is 0 Å². The molecule has 0 bridgehead atoms. The smallest absolute Gasteiger partial charge is 0.0940 e. The lowest BCUT2D eigenvalue weighted by Gasteiger charge is -2.30. The molecule has 1 aliphatic heterocycles. The van der Waals surface area contributed by atoms with Crippen LogP contribution in [0.1, 0.15) is 66.2 Å². The van der Waals surface area contributed by atoms with Crippen molar-refractivity contribution in [1.82, 2.24) is 5.32 Å². The van der Waals surface area contributed by atoms with E-state index < -0.39 is 0 Å². The van der Waals surface area contributed by atoms with E-state index in [-0.39, 0.29) is 10.5 Å². The molecule has 1 heterocycles. The van der Waals surface area contributed by atoms with Crippen molar-refractivity contribution in [2.75, 3.05) is 0 Å². The molecule has 15 heavy (non-hydrogen) atoms. The average molecular weight is 232 g/mol. The maximum Gasteiger partial charge on any atom is 0.0940 e. The second-order valence-corrected chi connectivity index (χ2v) is 6.56. The van der Waals surface area contributed by atoms with Crippen LogP contribution in [-0.4, -0.2) is 10.5 Å². The molecule has 1 nitrogen and oxygen atoms in total. The van der Waals surface area contributed by atoms with Gasteiger partial charge in [-0.05, 0) is 44.9 Å². The van der Waals surface area contributed by atoms with Crippen molar-refractivity contribution in [2.24, 2.45) is 5.92 Å². The molecule has 0 saturated carbocycles. The van der Waals surface area contributed by atoms with Crippen LogP contribution in [-0.2, 0) is 0 Å². The van der Waals surface area contributed by atoms with Crippen molar-refractivity contribution >= 4 is 11.6 Å². The number of halogens is 1. The maximum absolute atomic E-state index is 6.62. The Morgan fingerprint density at radius 2 is 1.93 bits per heavy atom. The zero-order chi connectivity index (χ0) is 11.5. The van der Waals surface area contributed by atoms with Crippen molar-refractivity contribution in [3.05, 3.63) is 0 Å². The third-order valence-corrected chi connectivity index (χ3v) is 3.99. The molecule has 0 radical (unpaired) electrons. The maximum atomic E-state index is 6.62. The van der Waals surface area contributed by atoms with Gasteiger partial charge in [0.2, 0.25) is 0 Å². The van der Waals surface area contributed by atoms with Gasteiger partial charge in [0.1, 0.15) is 0 Å². The van der Waals surface area contributed by atoms with E-state index in [2.05, 4.69) is 33.0 Å². The van der Waals surface area contributed by atoms with Crippen molar-refractivity contribution in [2.45, 2.75) is 76.8 Å². The molecule has 1 aliphatic rings. The van der Waals surface area contributed by atoms with E-state index in [0.29, 0.717) is 0 Å². The van der Waals surface area contributed by atoms with E-state index in [4.69, 9.17) is 11.6 Å². The van der Waals surface area contributed by atoms with Gasteiger partial charge in [-0.3, -0.25) is 5.32 Å². The standard InChI is InChI=1S/C13H26ClN/c1-5-7-12(4)9-10-13(14,15-12)8-6-11(2)3/h11,15H,5-10H2,1-4H3. The lowest BCUT2D eigenvalue weighted by atomic mass is 9.94. The van der Waals surface area contributed by atoms with Gasteiger partial charge in [-0.2, -0.15) is 0 Å². The highest BCUT2D eigenvalue weighted by Crippen LogP contribution is 2.39. The number of nitrogens with one attached hydrogen (secondary N) is 1. The Hall–Kier alpha value is 0.250. The van der Waals surface area contributed by atoms with E-state index in [1.165, 1.54) is 25.7 Å². The van der Waals surface area contributed by atoms with Gasteiger partial charge in [0.25, 0.3) is 0 Å². The van der Waals surface area contributed by atoms with Gasteiger partial charge in [0.15, 0.2) is 0 Å². The molecule has 0 aromatic carbocycles. The Bertz CT molecular complexity index is 205. The summed E-state index contributed by atoms with van der Waals surface area (Å²) in [6, 6.07) is 0. The van der Waals surface area contributed by atoms with Gasteiger partial charge in [-0.1, -0.05) is 27.2 Å². The minimum Gasteiger partial charge on any atom is -0.293 e. The van der Waals surface area contributed by atoms with Gasteiger partial charge in [0.05, 0.1) is 5.00 Å². The Morgan fingerprint density at radius 3 is 2.47 bits per heavy atom. The van der Waals surface area contributed by atoms with Gasteiger partial charge < -0.3 is 0 Å². The Labute approximate surface area is 100.0 Å². The van der Waals surface area contributed by atoms with Crippen LogP contribution < -0.4 is 5.32 Å². The molecule has 1 saturated heterocycles. The number of alkyl halides is 1. The third-order valence-electron chi connectivity index (χ3n) is 3.52. The molecule has 2 unspecified atom stereocenters. The highest BCUT2D eigenvalue weighted by molar-refractivity contribution is 6.23. The molecule has 0 aromatic heterocycles.